The van der Waals surface area contributed by atoms with E-state index >= 15 is 0 Å². The van der Waals surface area contributed by atoms with E-state index < -0.39 is 17.4 Å². The second kappa shape index (κ2) is 7.63. The first-order chi connectivity index (χ1) is 11.7. The Hall–Kier alpha value is -1.77. The fourth-order valence-electron chi connectivity index (χ4n) is 2.80. The third-order valence-corrected chi connectivity index (χ3v) is 4.76. The van der Waals surface area contributed by atoms with Gasteiger partial charge in [0.1, 0.15) is 16.5 Å². The summed E-state index contributed by atoms with van der Waals surface area (Å²) in [6.07, 6.45) is 1.87. The van der Waals surface area contributed by atoms with Gasteiger partial charge in [0.05, 0.1) is 11.6 Å². The highest BCUT2D eigenvalue weighted by atomic mass is 35.5. The van der Waals surface area contributed by atoms with Crippen molar-refractivity contribution in [3.63, 3.8) is 0 Å². The van der Waals surface area contributed by atoms with Crippen LogP contribution in [0, 0.1) is 17.2 Å². The van der Waals surface area contributed by atoms with Crippen molar-refractivity contribution in [1.82, 2.24) is 0 Å². The first kappa shape index (κ1) is 19.6. The molecule has 1 unspecified atom stereocenters. The second-order valence-electron chi connectivity index (χ2n) is 6.83. The molecule has 0 bridgehead atoms. The number of benzene rings is 1. The molecule has 0 aliphatic carbocycles. The molecule has 0 N–H and O–H groups in total. The minimum atomic E-state index is -0.633. The van der Waals surface area contributed by atoms with Gasteiger partial charge in [-0.2, -0.15) is 5.26 Å². The summed E-state index contributed by atoms with van der Waals surface area (Å²) in [5.74, 6) is -1.44. The summed E-state index contributed by atoms with van der Waals surface area (Å²) in [6, 6.07) is 9.46. The average molecular weight is 377 g/mol. The Labute approximate surface area is 157 Å². The molecule has 1 aromatic carbocycles. The van der Waals surface area contributed by atoms with Gasteiger partial charge >= 0.3 is 5.97 Å². The quantitative estimate of drug-likeness (QED) is 0.700. The number of thioether (sulfide) groups is 1. The zero-order valence-corrected chi connectivity index (χ0v) is 16.5. The Morgan fingerprint density at radius 1 is 1.32 bits per heavy atom. The van der Waals surface area contributed by atoms with Crippen LogP contribution in [0.3, 0.4) is 0 Å². The van der Waals surface area contributed by atoms with E-state index in [-0.39, 0.29) is 5.97 Å². The van der Waals surface area contributed by atoms with Gasteiger partial charge in [0.15, 0.2) is 0 Å². The molecule has 6 heteroatoms. The Bertz CT molecular complexity index is 770. The van der Waals surface area contributed by atoms with Gasteiger partial charge < -0.3 is 4.74 Å². The molecule has 0 spiro atoms. The van der Waals surface area contributed by atoms with E-state index in [1.165, 1.54) is 11.8 Å². The number of carbonyl (C=O) groups is 1. The molecule has 0 saturated heterocycles. The molecule has 132 valence electrons. The summed E-state index contributed by atoms with van der Waals surface area (Å²) < 4.78 is 5.60. The molecule has 2 atom stereocenters. The van der Waals surface area contributed by atoms with Crippen LogP contribution in [0.2, 0.25) is 5.02 Å². The SMILES string of the molecule is CSC1=C(C#N)[C@@H](c2ccc(Cl)cc2)C(C(=O)OC(C)(C)C)C(C)=N1. The van der Waals surface area contributed by atoms with Crippen LogP contribution in [0.1, 0.15) is 39.2 Å². The van der Waals surface area contributed by atoms with E-state index in [1.54, 1.807) is 12.1 Å². The predicted molar refractivity (Wildman–Crippen MR) is 103 cm³/mol. The molecule has 0 amide bonds. The zero-order valence-electron chi connectivity index (χ0n) is 15.0. The molecule has 1 aromatic rings. The van der Waals surface area contributed by atoms with Crippen LogP contribution >= 0.6 is 23.4 Å². The van der Waals surface area contributed by atoms with E-state index in [1.807, 2.05) is 46.1 Å². The Kier molecular flexibility index (Phi) is 5.97. The molecular formula is C19H21ClN2O2S. The lowest BCUT2D eigenvalue weighted by molar-refractivity contribution is -0.157. The van der Waals surface area contributed by atoms with Gasteiger partial charge in [0.25, 0.3) is 0 Å². The number of nitrogens with zero attached hydrogens (tertiary/aromatic N) is 2. The fourth-order valence-corrected chi connectivity index (χ4v) is 3.56. The summed E-state index contributed by atoms with van der Waals surface area (Å²) in [6.45, 7) is 7.28. The maximum absolute atomic E-state index is 12.9. The summed E-state index contributed by atoms with van der Waals surface area (Å²) in [7, 11) is 0. The van der Waals surface area contributed by atoms with Crippen molar-refractivity contribution >= 4 is 35.0 Å². The van der Waals surface area contributed by atoms with Crippen LogP contribution in [0.15, 0.2) is 39.9 Å². The van der Waals surface area contributed by atoms with Gasteiger partial charge in [-0.25, -0.2) is 4.99 Å². The number of ether oxygens (including phenoxy) is 1. The van der Waals surface area contributed by atoms with E-state index in [4.69, 9.17) is 16.3 Å². The number of hydrogen-bond acceptors (Lipinski definition) is 5. The lowest BCUT2D eigenvalue weighted by Crippen LogP contribution is -2.37. The number of carbonyl (C=O) groups excluding carboxylic acids is 1. The molecule has 2 rings (SSSR count). The fraction of sp³-hybridized carbons (Fsp3) is 0.421. The lowest BCUT2D eigenvalue weighted by atomic mass is 9.77. The van der Waals surface area contributed by atoms with Crippen molar-refractivity contribution < 1.29 is 9.53 Å². The Morgan fingerprint density at radius 2 is 1.92 bits per heavy atom. The largest absolute Gasteiger partial charge is 0.459 e. The standard InChI is InChI=1S/C19H21ClN2O2S/c1-11-15(18(23)24-19(2,3)4)16(12-6-8-13(20)9-7-12)14(10-21)17(22-11)25-5/h6-9,15-16H,1-5H3/t15?,16-/m1/s1. The number of halogens is 1. The van der Waals surface area contributed by atoms with Crippen molar-refractivity contribution in [3.05, 3.63) is 45.5 Å². The van der Waals surface area contributed by atoms with Crippen molar-refractivity contribution in [2.75, 3.05) is 6.26 Å². The van der Waals surface area contributed by atoms with Gasteiger partial charge in [-0.05, 0) is 51.6 Å². The first-order valence-corrected chi connectivity index (χ1v) is 9.50. The Morgan fingerprint density at radius 3 is 2.40 bits per heavy atom. The van der Waals surface area contributed by atoms with Gasteiger partial charge in [0, 0.05) is 16.7 Å². The van der Waals surface area contributed by atoms with Crippen molar-refractivity contribution in [2.45, 2.75) is 39.2 Å². The summed E-state index contributed by atoms with van der Waals surface area (Å²) in [5, 5.41) is 11.0. The molecule has 4 nitrogen and oxygen atoms in total. The number of esters is 1. The summed E-state index contributed by atoms with van der Waals surface area (Å²) in [5.41, 5.74) is 1.37. The number of hydrogen-bond donors (Lipinski definition) is 0. The van der Waals surface area contributed by atoms with Crippen LogP contribution in [-0.4, -0.2) is 23.5 Å². The highest BCUT2D eigenvalue weighted by molar-refractivity contribution is 8.02. The van der Waals surface area contributed by atoms with Gasteiger partial charge in [0.2, 0.25) is 0 Å². The van der Waals surface area contributed by atoms with Gasteiger partial charge in [-0.3, -0.25) is 4.79 Å². The molecule has 0 aromatic heterocycles. The Balaban J connectivity index is 2.58. The third kappa shape index (κ3) is 4.45. The monoisotopic (exact) mass is 376 g/mol. The van der Waals surface area contributed by atoms with E-state index in [2.05, 4.69) is 11.1 Å². The zero-order chi connectivity index (χ0) is 18.8. The van der Waals surface area contributed by atoms with E-state index in [0.717, 1.165) is 5.56 Å². The van der Waals surface area contributed by atoms with Gasteiger partial charge in [-0.15, -0.1) is 11.8 Å². The summed E-state index contributed by atoms with van der Waals surface area (Å²) in [4.78, 5) is 17.4. The molecule has 0 radical (unpaired) electrons. The number of rotatable bonds is 3. The minimum Gasteiger partial charge on any atom is -0.459 e. The second-order valence-corrected chi connectivity index (χ2v) is 8.06. The molecule has 0 fully saturated rings. The topological polar surface area (TPSA) is 62.5 Å². The first-order valence-electron chi connectivity index (χ1n) is 7.89. The molecule has 1 aliphatic heterocycles. The van der Waals surface area contributed by atoms with Gasteiger partial charge in [-0.1, -0.05) is 23.7 Å². The molecule has 25 heavy (non-hydrogen) atoms. The van der Waals surface area contributed by atoms with Crippen molar-refractivity contribution in [1.29, 1.82) is 5.26 Å². The van der Waals surface area contributed by atoms with Crippen molar-refractivity contribution in [3.8, 4) is 6.07 Å². The maximum atomic E-state index is 12.9. The number of aliphatic imine (C=N–C) groups is 1. The number of nitriles is 1. The number of allylic oxidation sites excluding steroid dienone is 1. The van der Waals surface area contributed by atoms with Crippen LogP contribution in [0.25, 0.3) is 0 Å². The third-order valence-electron chi connectivity index (χ3n) is 3.81. The smallest absolute Gasteiger partial charge is 0.316 e. The molecule has 1 aliphatic rings. The summed E-state index contributed by atoms with van der Waals surface area (Å²) >= 11 is 7.40. The van der Waals surface area contributed by atoms with Crippen LogP contribution in [0.4, 0.5) is 0 Å². The maximum Gasteiger partial charge on any atom is 0.316 e. The average Bonchev–Trinajstić information content (AvgIpc) is 2.52. The minimum absolute atomic E-state index is 0.374. The predicted octanol–water partition coefficient (Wildman–Crippen LogP) is 4.95. The molecule has 0 saturated carbocycles. The van der Waals surface area contributed by atoms with E-state index in [0.29, 0.717) is 21.3 Å². The normalized spacial score (nSPS) is 20.8. The highest BCUT2D eigenvalue weighted by Crippen LogP contribution is 2.42. The molecule has 1 heterocycles. The van der Waals surface area contributed by atoms with Crippen LogP contribution < -0.4 is 0 Å². The molecular weight excluding hydrogens is 356 g/mol. The van der Waals surface area contributed by atoms with Crippen molar-refractivity contribution in [2.24, 2.45) is 10.9 Å². The van der Waals surface area contributed by atoms with Crippen LogP contribution in [-0.2, 0) is 9.53 Å². The van der Waals surface area contributed by atoms with Crippen LogP contribution in [0.5, 0.6) is 0 Å². The lowest BCUT2D eigenvalue weighted by Gasteiger charge is -2.32. The highest BCUT2D eigenvalue weighted by Gasteiger charge is 2.41. The van der Waals surface area contributed by atoms with E-state index in [9.17, 15) is 10.1 Å².